The Kier molecular flexibility index (Phi) is 4.00. The Balaban J connectivity index is 1.65. The van der Waals surface area contributed by atoms with E-state index in [1.807, 2.05) is 12.1 Å². The van der Waals surface area contributed by atoms with Crippen molar-refractivity contribution in [3.05, 3.63) is 48.2 Å². The second kappa shape index (κ2) is 6.61. The lowest BCUT2D eigenvalue weighted by Crippen LogP contribution is -2.17. The van der Waals surface area contributed by atoms with Crippen molar-refractivity contribution in [2.45, 2.75) is 18.9 Å². The molecule has 26 heavy (non-hydrogen) atoms. The SMILES string of the molecule is N#Cc1cc(-c2cncc(-c3cc([C@@H]4CCCN4C#N)[nH]n3)n2)ccn1. The molecule has 0 aromatic carbocycles. The minimum Gasteiger partial charge on any atom is -0.302 e. The molecule has 1 aliphatic rings. The van der Waals surface area contributed by atoms with E-state index in [0.717, 1.165) is 30.6 Å². The summed E-state index contributed by atoms with van der Waals surface area (Å²) < 4.78 is 0. The topological polar surface area (TPSA) is 118 Å². The Hall–Kier alpha value is -3.78. The van der Waals surface area contributed by atoms with E-state index in [1.165, 1.54) is 0 Å². The fourth-order valence-corrected chi connectivity index (χ4v) is 3.13. The van der Waals surface area contributed by atoms with E-state index in [0.29, 0.717) is 22.8 Å². The van der Waals surface area contributed by atoms with Gasteiger partial charge in [0, 0.05) is 18.3 Å². The molecule has 0 radical (unpaired) electrons. The maximum Gasteiger partial charge on any atom is 0.179 e. The smallest absolute Gasteiger partial charge is 0.179 e. The molecule has 1 saturated heterocycles. The molecular formula is C18H14N8. The molecule has 0 aliphatic carbocycles. The summed E-state index contributed by atoms with van der Waals surface area (Å²) >= 11 is 0. The highest BCUT2D eigenvalue weighted by Crippen LogP contribution is 2.31. The molecule has 8 nitrogen and oxygen atoms in total. The molecule has 0 spiro atoms. The second-order valence-electron chi connectivity index (χ2n) is 5.99. The minimum absolute atomic E-state index is 0.0378. The lowest BCUT2D eigenvalue weighted by atomic mass is 10.1. The van der Waals surface area contributed by atoms with Crippen molar-refractivity contribution in [2.75, 3.05) is 6.54 Å². The van der Waals surface area contributed by atoms with Gasteiger partial charge in [0.15, 0.2) is 6.19 Å². The fourth-order valence-electron chi connectivity index (χ4n) is 3.13. The van der Waals surface area contributed by atoms with Gasteiger partial charge in [0.1, 0.15) is 23.2 Å². The van der Waals surface area contributed by atoms with Crippen molar-refractivity contribution in [3.8, 4) is 34.9 Å². The highest BCUT2D eigenvalue weighted by molar-refractivity contribution is 5.63. The number of aromatic amines is 1. The zero-order chi connectivity index (χ0) is 17.9. The van der Waals surface area contributed by atoms with Crippen molar-refractivity contribution < 1.29 is 0 Å². The molecule has 0 saturated carbocycles. The number of hydrogen-bond acceptors (Lipinski definition) is 7. The lowest BCUT2D eigenvalue weighted by Gasteiger charge is -2.15. The summed E-state index contributed by atoms with van der Waals surface area (Å²) in [7, 11) is 0. The molecule has 0 bridgehead atoms. The minimum atomic E-state index is 0.0378. The summed E-state index contributed by atoms with van der Waals surface area (Å²) in [4.78, 5) is 14.6. The number of rotatable bonds is 3. The van der Waals surface area contributed by atoms with E-state index in [2.05, 4.69) is 31.3 Å². The molecule has 3 aromatic heterocycles. The summed E-state index contributed by atoms with van der Waals surface area (Å²) in [5, 5.41) is 25.6. The van der Waals surface area contributed by atoms with Gasteiger partial charge in [0.25, 0.3) is 0 Å². The van der Waals surface area contributed by atoms with Crippen LogP contribution in [0.2, 0.25) is 0 Å². The normalized spacial score (nSPS) is 16.2. The van der Waals surface area contributed by atoms with Crippen LogP contribution in [0, 0.1) is 22.8 Å². The molecule has 4 rings (SSSR count). The molecule has 126 valence electrons. The van der Waals surface area contributed by atoms with Gasteiger partial charge in [0.2, 0.25) is 0 Å². The monoisotopic (exact) mass is 342 g/mol. The maximum absolute atomic E-state index is 9.22. The van der Waals surface area contributed by atoms with Crippen LogP contribution < -0.4 is 0 Å². The third-order valence-corrected chi connectivity index (χ3v) is 4.41. The molecule has 3 aromatic rings. The number of H-pyrrole nitrogens is 1. The Labute approximate surface area is 149 Å². The number of nitrogens with zero attached hydrogens (tertiary/aromatic N) is 7. The molecule has 0 amide bonds. The first-order chi connectivity index (χ1) is 12.8. The van der Waals surface area contributed by atoms with Crippen LogP contribution in [-0.2, 0) is 0 Å². The van der Waals surface area contributed by atoms with Gasteiger partial charge in [-0.2, -0.15) is 15.6 Å². The van der Waals surface area contributed by atoms with Crippen LogP contribution in [0.3, 0.4) is 0 Å². The van der Waals surface area contributed by atoms with E-state index in [1.54, 1.807) is 35.6 Å². The largest absolute Gasteiger partial charge is 0.302 e. The van der Waals surface area contributed by atoms with E-state index in [-0.39, 0.29) is 6.04 Å². The molecule has 1 atom stereocenters. The summed E-state index contributed by atoms with van der Waals surface area (Å²) in [5.74, 6) is 0. The predicted molar refractivity (Wildman–Crippen MR) is 91.9 cm³/mol. The van der Waals surface area contributed by atoms with Gasteiger partial charge in [-0.15, -0.1) is 0 Å². The fraction of sp³-hybridized carbons (Fsp3) is 0.222. The number of aromatic nitrogens is 5. The van der Waals surface area contributed by atoms with Crippen LogP contribution in [0.5, 0.6) is 0 Å². The molecule has 1 aliphatic heterocycles. The highest BCUT2D eigenvalue weighted by Gasteiger charge is 2.27. The number of pyridine rings is 1. The molecule has 8 heteroatoms. The summed E-state index contributed by atoms with van der Waals surface area (Å²) in [5.41, 5.74) is 3.95. The van der Waals surface area contributed by atoms with E-state index < -0.39 is 0 Å². The Morgan fingerprint density at radius 2 is 2.04 bits per heavy atom. The van der Waals surface area contributed by atoms with Crippen LogP contribution in [0.4, 0.5) is 0 Å². The van der Waals surface area contributed by atoms with Gasteiger partial charge in [0.05, 0.1) is 29.8 Å². The van der Waals surface area contributed by atoms with Crippen molar-refractivity contribution in [1.29, 1.82) is 10.5 Å². The molecule has 0 unspecified atom stereocenters. The average Bonchev–Trinajstić information content (AvgIpc) is 3.37. The number of nitrogens with one attached hydrogen (secondary N) is 1. The van der Waals surface area contributed by atoms with Crippen LogP contribution in [0.25, 0.3) is 22.6 Å². The van der Waals surface area contributed by atoms with Gasteiger partial charge in [-0.1, -0.05) is 0 Å². The van der Waals surface area contributed by atoms with Crippen LogP contribution in [0.1, 0.15) is 30.3 Å². The average molecular weight is 342 g/mol. The Morgan fingerprint density at radius 1 is 1.15 bits per heavy atom. The van der Waals surface area contributed by atoms with E-state index in [9.17, 15) is 5.26 Å². The first-order valence-electron chi connectivity index (χ1n) is 8.19. The summed E-state index contributed by atoms with van der Waals surface area (Å²) in [6.45, 7) is 0.772. The first kappa shape index (κ1) is 15.7. The molecular weight excluding hydrogens is 328 g/mol. The van der Waals surface area contributed by atoms with Crippen LogP contribution >= 0.6 is 0 Å². The Bertz CT molecular complexity index is 1030. The quantitative estimate of drug-likeness (QED) is 0.726. The highest BCUT2D eigenvalue weighted by atomic mass is 15.2. The van der Waals surface area contributed by atoms with Gasteiger partial charge < -0.3 is 4.90 Å². The zero-order valence-electron chi connectivity index (χ0n) is 13.8. The number of nitriles is 2. The van der Waals surface area contributed by atoms with E-state index in [4.69, 9.17) is 5.26 Å². The number of likely N-dealkylation sites (tertiary alicyclic amines) is 1. The maximum atomic E-state index is 9.22. The summed E-state index contributed by atoms with van der Waals surface area (Å²) in [6.07, 6.45) is 9.01. The Morgan fingerprint density at radius 3 is 2.88 bits per heavy atom. The van der Waals surface area contributed by atoms with Crippen molar-refractivity contribution in [3.63, 3.8) is 0 Å². The van der Waals surface area contributed by atoms with E-state index >= 15 is 0 Å². The third kappa shape index (κ3) is 2.85. The van der Waals surface area contributed by atoms with Gasteiger partial charge in [-0.05, 0) is 31.0 Å². The standard InChI is InChI=1S/C18H14N8/c19-8-13-6-12(3-4-22-13)16-9-21-10-17(23-16)14-7-15(25-24-14)18-2-1-5-26(18)11-20/h3-4,6-7,9-10,18H,1-2,5H2,(H,24,25)/t18-/m0/s1. The lowest BCUT2D eigenvalue weighted by molar-refractivity contribution is 0.367. The van der Waals surface area contributed by atoms with Crippen molar-refractivity contribution >= 4 is 0 Å². The second-order valence-corrected chi connectivity index (χ2v) is 5.99. The predicted octanol–water partition coefficient (Wildman–Crippen LogP) is 2.42. The summed E-state index contributed by atoms with van der Waals surface area (Å²) in [6, 6.07) is 7.44. The zero-order valence-corrected chi connectivity index (χ0v) is 13.8. The van der Waals surface area contributed by atoms with Gasteiger partial charge >= 0.3 is 0 Å². The first-order valence-corrected chi connectivity index (χ1v) is 8.19. The third-order valence-electron chi connectivity index (χ3n) is 4.41. The van der Waals surface area contributed by atoms with Gasteiger partial charge in [-0.25, -0.2) is 9.97 Å². The van der Waals surface area contributed by atoms with Gasteiger partial charge in [-0.3, -0.25) is 10.1 Å². The van der Waals surface area contributed by atoms with Crippen molar-refractivity contribution in [2.24, 2.45) is 0 Å². The van der Waals surface area contributed by atoms with Crippen molar-refractivity contribution in [1.82, 2.24) is 30.0 Å². The molecule has 1 fully saturated rings. The molecule has 1 N–H and O–H groups in total. The molecule has 4 heterocycles. The van der Waals surface area contributed by atoms with Crippen LogP contribution in [0.15, 0.2) is 36.8 Å². The number of hydrogen-bond donors (Lipinski definition) is 1. The van der Waals surface area contributed by atoms with Crippen LogP contribution in [-0.4, -0.2) is 36.6 Å².